The normalized spacial score (nSPS) is 15.0. The highest BCUT2D eigenvalue weighted by Gasteiger charge is 2.13. The van der Waals surface area contributed by atoms with Gasteiger partial charge >= 0.3 is 0 Å². The fraction of sp³-hybridized carbons (Fsp3) is 0.292. The smallest absolute Gasteiger partial charge is 0.231 e. The lowest BCUT2D eigenvalue weighted by Gasteiger charge is -2.22. The Kier molecular flexibility index (Phi) is 6.50. The molecule has 3 N–H and O–H groups in total. The maximum atomic E-state index is 11.0. The van der Waals surface area contributed by atoms with Crippen LogP contribution in [0.25, 0.3) is 11.3 Å². The minimum atomic E-state index is -0.650. The number of nitrogens with two attached hydrogens (primary N) is 1. The number of aromatic nitrogens is 3. The molecule has 1 amide bonds. The first kappa shape index (κ1) is 21.6. The summed E-state index contributed by atoms with van der Waals surface area (Å²) in [5.41, 5.74) is 8.89. The zero-order chi connectivity index (χ0) is 22.5. The van der Waals surface area contributed by atoms with E-state index >= 15 is 0 Å². The third-order valence-corrected chi connectivity index (χ3v) is 5.22. The third-order valence-electron chi connectivity index (χ3n) is 5.22. The van der Waals surface area contributed by atoms with Gasteiger partial charge in [0, 0.05) is 48.2 Å². The van der Waals surface area contributed by atoms with E-state index in [1.54, 1.807) is 19.3 Å². The molecule has 0 saturated heterocycles. The SMILES string of the molecule is C[C@H](O)c1nccn1Cc1cc(-c2ccc(C#CC3=CCN(CC(N)=O)CC3)cc2)on1. The van der Waals surface area contributed by atoms with Crippen LogP contribution < -0.4 is 5.73 Å². The summed E-state index contributed by atoms with van der Waals surface area (Å²) in [5, 5.41) is 13.9. The van der Waals surface area contributed by atoms with Gasteiger partial charge in [-0.15, -0.1) is 0 Å². The quantitative estimate of drug-likeness (QED) is 0.579. The van der Waals surface area contributed by atoms with Gasteiger partial charge in [-0.3, -0.25) is 9.69 Å². The Bertz CT molecular complexity index is 1180. The second-order valence-electron chi connectivity index (χ2n) is 7.78. The molecule has 1 atom stereocenters. The van der Waals surface area contributed by atoms with Crippen LogP contribution in [-0.4, -0.2) is 50.3 Å². The highest BCUT2D eigenvalue weighted by molar-refractivity contribution is 5.76. The van der Waals surface area contributed by atoms with E-state index in [0.717, 1.165) is 35.4 Å². The summed E-state index contributed by atoms with van der Waals surface area (Å²) in [6.45, 7) is 3.91. The molecule has 0 unspecified atom stereocenters. The Morgan fingerprint density at radius 3 is 2.81 bits per heavy atom. The fourth-order valence-corrected chi connectivity index (χ4v) is 3.58. The Balaban J connectivity index is 1.39. The van der Waals surface area contributed by atoms with Crippen LogP contribution in [-0.2, 0) is 11.3 Å². The summed E-state index contributed by atoms with van der Waals surface area (Å²) in [6.07, 6.45) is 5.67. The van der Waals surface area contributed by atoms with Crippen LogP contribution in [0.1, 0.15) is 36.5 Å². The van der Waals surface area contributed by atoms with Crippen LogP contribution in [0.5, 0.6) is 0 Å². The van der Waals surface area contributed by atoms with Crippen molar-refractivity contribution in [2.24, 2.45) is 5.73 Å². The summed E-state index contributed by atoms with van der Waals surface area (Å²) in [7, 11) is 0. The lowest BCUT2D eigenvalue weighted by molar-refractivity contribution is -0.119. The summed E-state index contributed by atoms with van der Waals surface area (Å²) in [6, 6.07) is 9.70. The highest BCUT2D eigenvalue weighted by atomic mass is 16.5. The molecule has 32 heavy (non-hydrogen) atoms. The van der Waals surface area contributed by atoms with Crippen molar-refractivity contribution in [3.05, 3.63) is 71.5 Å². The molecule has 4 rings (SSSR count). The maximum absolute atomic E-state index is 11.0. The standard InChI is InChI=1S/C24H25N5O3/c1-17(30)24-26-10-13-29(24)15-21-14-22(32-27-21)20-6-4-18(5-7-20)2-3-19-8-11-28(12-9-19)16-23(25)31/h4-8,10,13-14,17,30H,9,11-12,15-16H2,1H3,(H2,25,31)/t17-/m0/s1. The van der Waals surface area contributed by atoms with Gasteiger partial charge in [-0.1, -0.05) is 23.1 Å². The number of primary amides is 1. The maximum Gasteiger partial charge on any atom is 0.231 e. The molecule has 8 nitrogen and oxygen atoms in total. The number of aliphatic hydroxyl groups excluding tert-OH is 1. The number of hydrogen-bond donors (Lipinski definition) is 2. The number of amides is 1. The average molecular weight is 431 g/mol. The molecule has 0 spiro atoms. The largest absolute Gasteiger partial charge is 0.385 e. The van der Waals surface area contributed by atoms with Crippen molar-refractivity contribution in [1.29, 1.82) is 0 Å². The van der Waals surface area contributed by atoms with Crippen molar-refractivity contribution in [1.82, 2.24) is 19.6 Å². The Hall–Kier alpha value is -3.67. The van der Waals surface area contributed by atoms with Crippen molar-refractivity contribution in [2.75, 3.05) is 19.6 Å². The number of carbonyl (C=O) groups is 1. The minimum Gasteiger partial charge on any atom is -0.385 e. The van der Waals surface area contributed by atoms with E-state index in [0.29, 0.717) is 24.7 Å². The van der Waals surface area contributed by atoms with E-state index in [2.05, 4.69) is 22.0 Å². The van der Waals surface area contributed by atoms with E-state index in [9.17, 15) is 9.90 Å². The molecule has 1 aliphatic heterocycles. The van der Waals surface area contributed by atoms with Gasteiger partial charge in [0.1, 0.15) is 17.6 Å². The van der Waals surface area contributed by atoms with E-state index in [1.807, 2.05) is 45.9 Å². The molecule has 0 bridgehead atoms. The molecule has 2 aromatic heterocycles. The van der Waals surface area contributed by atoms with Crippen LogP contribution >= 0.6 is 0 Å². The monoisotopic (exact) mass is 431 g/mol. The number of nitrogens with zero attached hydrogens (tertiary/aromatic N) is 4. The molecular formula is C24H25N5O3. The number of rotatable bonds is 6. The van der Waals surface area contributed by atoms with Gasteiger partial charge in [0.05, 0.1) is 13.1 Å². The van der Waals surface area contributed by atoms with Crippen molar-refractivity contribution >= 4 is 5.91 Å². The van der Waals surface area contributed by atoms with Gasteiger partial charge in [-0.25, -0.2) is 4.98 Å². The summed E-state index contributed by atoms with van der Waals surface area (Å²) >= 11 is 0. The molecule has 0 saturated carbocycles. The van der Waals surface area contributed by atoms with Crippen LogP contribution in [0.4, 0.5) is 0 Å². The van der Waals surface area contributed by atoms with Crippen LogP contribution in [0, 0.1) is 11.8 Å². The summed E-state index contributed by atoms with van der Waals surface area (Å²) in [4.78, 5) is 17.2. The van der Waals surface area contributed by atoms with Gasteiger partial charge in [-0.05, 0) is 37.6 Å². The second kappa shape index (κ2) is 9.64. The lowest BCUT2D eigenvalue weighted by atomic mass is 10.1. The highest BCUT2D eigenvalue weighted by Crippen LogP contribution is 2.22. The molecule has 0 aliphatic carbocycles. The molecule has 1 aliphatic rings. The predicted octanol–water partition coefficient (Wildman–Crippen LogP) is 2.11. The molecule has 3 aromatic rings. The van der Waals surface area contributed by atoms with Gasteiger partial charge in [0.25, 0.3) is 0 Å². The first-order valence-corrected chi connectivity index (χ1v) is 10.4. The number of hydrogen-bond acceptors (Lipinski definition) is 6. The Labute approximate surface area is 186 Å². The topological polar surface area (TPSA) is 110 Å². The van der Waals surface area contributed by atoms with E-state index in [4.69, 9.17) is 10.3 Å². The summed E-state index contributed by atoms with van der Waals surface area (Å²) in [5.74, 6) is 7.36. The lowest BCUT2D eigenvalue weighted by Crippen LogP contribution is -2.36. The van der Waals surface area contributed by atoms with E-state index in [-0.39, 0.29) is 12.5 Å². The van der Waals surface area contributed by atoms with Crippen molar-refractivity contribution in [2.45, 2.75) is 26.0 Å². The summed E-state index contributed by atoms with van der Waals surface area (Å²) < 4.78 is 7.35. The van der Waals surface area contributed by atoms with Crippen LogP contribution in [0.3, 0.4) is 0 Å². The van der Waals surface area contributed by atoms with E-state index in [1.165, 1.54) is 0 Å². The molecule has 8 heteroatoms. The third kappa shape index (κ3) is 5.32. The molecule has 0 radical (unpaired) electrons. The number of imidazole rings is 1. The molecular weight excluding hydrogens is 406 g/mol. The zero-order valence-electron chi connectivity index (χ0n) is 17.9. The molecule has 1 aromatic carbocycles. The number of aliphatic hydroxyl groups is 1. The second-order valence-corrected chi connectivity index (χ2v) is 7.78. The fourth-order valence-electron chi connectivity index (χ4n) is 3.58. The van der Waals surface area contributed by atoms with Gasteiger partial charge in [-0.2, -0.15) is 0 Å². The van der Waals surface area contributed by atoms with Gasteiger partial charge in [0.2, 0.25) is 5.91 Å². The number of benzene rings is 1. The average Bonchev–Trinajstić information content (AvgIpc) is 3.43. The van der Waals surface area contributed by atoms with Gasteiger partial charge < -0.3 is 19.9 Å². The van der Waals surface area contributed by atoms with Crippen molar-refractivity contribution in [3.63, 3.8) is 0 Å². The molecule has 3 heterocycles. The molecule has 164 valence electrons. The van der Waals surface area contributed by atoms with Gasteiger partial charge in [0.15, 0.2) is 5.76 Å². The van der Waals surface area contributed by atoms with Crippen molar-refractivity contribution in [3.8, 4) is 23.2 Å². The Morgan fingerprint density at radius 2 is 2.12 bits per heavy atom. The molecule has 0 fully saturated rings. The van der Waals surface area contributed by atoms with Crippen molar-refractivity contribution < 1.29 is 14.4 Å². The Morgan fingerprint density at radius 1 is 1.31 bits per heavy atom. The minimum absolute atomic E-state index is 0.284. The van der Waals surface area contributed by atoms with Crippen LogP contribution in [0.2, 0.25) is 0 Å². The first-order chi connectivity index (χ1) is 15.5. The number of carbonyl (C=O) groups excluding carboxylic acids is 1. The predicted molar refractivity (Wildman–Crippen MR) is 119 cm³/mol. The van der Waals surface area contributed by atoms with Crippen LogP contribution in [0.15, 0.2) is 58.9 Å². The zero-order valence-corrected chi connectivity index (χ0v) is 17.9. The van der Waals surface area contributed by atoms with E-state index < -0.39 is 6.10 Å². The first-order valence-electron chi connectivity index (χ1n) is 10.4.